The van der Waals surface area contributed by atoms with Crippen molar-refractivity contribution in [3.05, 3.63) is 77.9 Å². The highest BCUT2D eigenvalue weighted by molar-refractivity contribution is 5.89. The highest BCUT2D eigenvalue weighted by atomic mass is 16.5. The van der Waals surface area contributed by atoms with Crippen molar-refractivity contribution in [3.63, 3.8) is 0 Å². The molecule has 2 nitrogen and oxygen atoms in total. The molecule has 0 saturated carbocycles. The van der Waals surface area contributed by atoms with E-state index in [0.717, 1.165) is 18.7 Å². The average Bonchev–Trinajstić information content (AvgIpc) is 2.68. The maximum Gasteiger partial charge on any atom is 0.153 e. The van der Waals surface area contributed by atoms with Gasteiger partial charge < -0.3 is 4.74 Å². The minimum Gasteiger partial charge on any atom is -0.475 e. The molecule has 2 aliphatic heterocycles. The Bertz CT molecular complexity index is 904. The van der Waals surface area contributed by atoms with Gasteiger partial charge in [-0.1, -0.05) is 73.5 Å². The van der Waals surface area contributed by atoms with Gasteiger partial charge in [-0.15, -0.1) is 0 Å². The van der Waals surface area contributed by atoms with Gasteiger partial charge in [0.1, 0.15) is 5.75 Å². The third-order valence-electron chi connectivity index (χ3n) is 5.90. The number of ether oxygens (including phenoxy) is 1. The molecule has 0 amide bonds. The molecule has 0 spiro atoms. The topological polar surface area (TPSA) is 12.5 Å². The summed E-state index contributed by atoms with van der Waals surface area (Å²) in [6, 6.07) is 24.4. The Balaban J connectivity index is 1.73. The van der Waals surface area contributed by atoms with Gasteiger partial charge in [0.25, 0.3) is 0 Å². The van der Waals surface area contributed by atoms with Crippen LogP contribution >= 0.6 is 0 Å². The number of rotatable bonds is 1. The van der Waals surface area contributed by atoms with Crippen LogP contribution in [0.25, 0.3) is 10.8 Å². The van der Waals surface area contributed by atoms with Gasteiger partial charge in [0, 0.05) is 12.1 Å². The van der Waals surface area contributed by atoms with E-state index in [1.165, 1.54) is 47.6 Å². The molecule has 0 aromatic heterocycles. The Morgan fingerprint density at radius 1 is 0.769 bits per heavy atom. The predicted molar refractivity (Wildman–Crippen MR) is 106 cm³/mol. The summed E-state index contributed by atoms with van der Waals surface area (Å²) < 4.78 is 6.56. The van der Waals surface area contributed by atoms with Crippen LogP contribution in [0.3, 0.4) is 0 Å². The van der Waals surface area contributed by atoms with Crippen LogP contribution in [0.4, 0.5) is 0 Å². The fourth-order valence-electron chi connectivity index (χ4n) is 4.66. The summed E-state index contributed by atoms with van der Waals surface area (Å²) in [5.41, 5.74) is 2.71. The molecular formula is C24H25NO. The van der Waals surface area contributed by atoms with Crippen LogP contribution in [0, 0.1) is 0 Å². The van der Waals surface area contributed by atoms with Crippen molar-refractivity contribution in [2.24, 2.45) is 0 Å². The predicted octanol–water partition coefficient (Wildman–Crippen LogP) is 5.91. The lowest BCUT2D eigenvalue weighted by atomic mass is 9.89. The Morgan fingerprint density at radius 3 is 2.50 bits per heavy atom. The van der Waals surface area contributed by atoms with Crippen LogP contribution < -0.4 is 4.74 Å². The molecule has 2 aliphatic rings. The molecule has 0 bridgehead atoms. The maximum atomic E-state index is 6.56. The molecule has 0 unspecified atom stereocenters. The fourth-order valence-corrected chi connectivity index (χ4v) is 4.66. The normalized spacial score (nSPS) is 23.4. The first-order chi connectivity index (χ1) is 12.9. The third-order valence-corrected chi connectivity index (χ3v) is 5.90. The molecule has 26 heavy (non-hydrogen) atoms. The molecule has 3 aromatic rings. The molecule has 2 atom stereocenters. The van der Waals surface area contributed by atoms with Gasteiger partial charge in [0.05, 0.1) is 6.04 Å². The minimum atomic E-state index is 0.189. The summed E-state index contributed by atoms with van der Waals surface area (Å²) in [4.78, 5) is 2.61. The summed E-state index contributed by atoms with van der Waals surface area (Å²) in [5, 5.41) is 2.61. The van der Waals surface area contributed by atoms with E-state index < -0.39 is 0 Å². The van der Waals surface area contributed by atoms with Crippen LogP contribution in [-0.4, -0.2) is 17.7 Å². The quantitative estimate of drug-likeness (QED) is 0.544. The maximum absolute atomic E-state index is 6.56. The first-order valence-electron chi connectivity index (χ1n) is 9.91. The molecule has 1 saturated heterocycles. The SMILES string of the molecule is c1ccc([C@@H]2c3c(ccc4ccccc34)O[C@H]3CCCCCCN23)cc1. The Kier molecular flexibility index (Phi) is 4.14. The second kappa shape index (κ2) is 6.77. The van der Waals surface area contributed by atoms with Gasteiger partial charge in [-0.05, 0) is 41.7 Å². The lowest BCUT2D eigenvalue weighted by molar-refractivity contribution is -0.0284. The van der Waals surface area contributed by atoms with Gasteiger partial charge >= 0.3 is 0 Å². The molecule has 2 heterocycles. The van der Waals surface area contributed by atoms with E-state index in [1.807, 2.05) is 0 Å². The zero-order valence-electron chi connectivity index (χ0n) is 15.1. The molecule has 0 aliphatic carbocycles. The van der Waals surface area contributed by atoms with E-state index in [2.05, 4.69) is 71.6 Å². The second-order valence-electron chi connectivity index (χ2n) is 7.52. The Hall–Kier alpha value is -2.32. The molecule has 5 rings (SSSR count). The van der Waals surface area contributed by atoms with E-state index in [1.54, 1.807) is 0 Å². The van der Waals surface area contributed by atoms with Crippen molar-refractivity contribution in [1.29, 1.82) is 0 Å². The van der Waals surface area contributed by atoms with Gasteiger partial charge in [0.2, 0.25) is 0 Å². The number of benzene rings is 3. The van der Waals surface area contributed by atoms with Crippen molar-refractivity contribution in [3.8, 4) is 5.75 Å². The summed E-state index contributed by atoms with van der Waals surface area (Å²) >= 11 is 0. The second-order valence-corrected chi connectivity index (χ2v) is 7.52. The molecule has 3 aromatic carbocycles. The first-order valence-corrected chi connectivity index (χ1v) is 9.91. The van der Waals surface area contributed by atoms with Crippen LogP contribution in [-0.2, 0) is 0 Å². The number of fused-ring (bicyclic) bond motifs is 4. The van der Waals surface area contributed by atoms with E-state index >= 15 is 0 Å². The van der Waals surface area contributed by atoms with Gasteiger partial charge in [-0.25, -0.2) is 0 Å². The molecule has 2 heteroatoms. The van der Waals surface area contributed by atoms with Crippen LogP contribution in [0.15, 0.2) is 66.7 Å². The zero-order chi connectivity index (χ0) is 17.3. The van der Waals surface area contributed by atoms with Crippen molar-refractivity contribution in [2.45, 2.75) is 44.4 Å². The smallest absolute Gasteiger partial charge is 0.153 e. The summed E-state index contributed by atoms with van der Waals surface area (Å²) in [6.07, 6.45) is 6.47. The Morgan fingerprint density at radius 2 is 1.58 bits per heavy atom. The highest BCUT2D eigenvalue weighted by Gasteiger charge is 2.37. The number of nitrogens with zero attached hydrogens (tertiary/aromatic N) is 1. The van der Waals surface area contributed by atoms with Crippen molar-refractivity contribution in [1.82, 2.24) is 4.90 Å². The summed E-state index contributed by atoms with van der Waals surface area (Å²) in [5.74, 6) is 1.07. The third kappa shape index (κ3) is 2.69. The zero-order valence-corrected chi connectivity index (χ0v) is 15.1. The standard InChI is InChI=1S/C24H25NO/c1-2-9-17-25-22(14-6-1)26-21-16-15-18-10-7-8-13-20(18)23(21)24(25)19-11-4-3-5-12-19/h3-5,7-8,10-13,15-16,22,24H,1-2,6,9,14,17H2/t22-,24+/m0/s1. The molecule has 0 radical (unpaired) electrons. The lowest BCUT2D eigenvalue weighted by Crippen LogP contribution is -2.47. The Labute approximate surface area is 155 Å². The molecular weight excluding hydrogens is 318 g/mol. The largest absolute Gasteiger partial charge is 0.475 e. The van der Waals surface area contributed by atoms with Gasteiger partial charge in [-0.2, -0.15) is 0 Å². The molecule has 1 fully saturated rings. The lowest BCUT2D eigenvalue weighted by Gasteiger charge is -2.44. The van der Waals surface area contributed by atoms with Crippen molar-refractivity contribution < 1.29 is 4.74 Å². The van der Waals surface area contributed by atoms with Gasteiger partial charge in [0.15, 0.2) is 6.23 Å². The van der Waals surface area contributed by atoms with Crippen LogP contribution in [0.1, 0.15) is 49.3 Å². The highest BCUT2D eigenvalue weighted by Crippen LogP contribution is 2.45. The summed E-state index contributed by atoms with van der Waals surface area (Å²) in [7, 11) is 0. The fraction of sp³-hybridized carbons (Fsp3) is 0.333. The van der Waals surface area contributed by atoms with E-state index in [9.17, 15) is 0 Å². The van der Waals surface area contributed by atoms with E-state index in [4.69, 9.17) is 4.74 Å². The van der Waals surface area contributed by atoms with Gasteiger partial charge in [-0.3, -0.25) is 4.90 Å². The minimum absolute atomic E-state index is 0.189. The van der Waals surface area contributed by atoms with Crippen LogP contribution in [0.2, 0.25) is 0 Å². The summed E-state index contributed by atoms with van der Waals surface area (Å²) in [6.45, 7) is 1.10. The number of hydrogen-bond donors (Lipinski definition) is 0. The van der Waals surface area contributed by atoms with Crippen molar-refractivity contribution in [2.75, 3.05) is 6.54 Å². The number of hydrogen-bond acceptors (Lipinski definition) is 2. The monoisotopic (exact) mass is 343 g/mol. The molecule has 0 N–H and O–H groups in total. The average molecular weight is 343 g/mol. The molecule has 132 valence electrons. The van der Waals surface area contributed by atoms with Crippen LogP contribution in [0.5, 0.6) is 5.75 Å². The first kappa shape index (κ1) is 15.9. The van der Waals surface area contributed by atoms with E-state index in [-0.39, 0.29) is 12.3 Å². The van der Waals surface area contributed by atoms with Crippen molar-refractivity contribution >= 4 is 10.8 Å². The van der Waals surface area contributed by atoms with E-state index in [0.29, 0.717) is 0 Å².